The Morgan fingerprint density at radius 1 is 0.407 bits per heavy atom. The lowest BCUT2D eigenvalue weighted by Crippen LogP contribution is -1.83. The highest BCUT2D eigenvalue weighted by Crippen LogP contribution is 2.38. The first kappa shape index (κ1) is 15.7. The summed E-state index contributed by atoms with van der Waals surface area (Å²) in [6, 6.07) is 38.4. The summed E-state index contributed by atoms with van der Waals surface area (Å²) in [5.41, 5.74) is 8.51. The molecule has 0 fully saturated rings. The smallest absolute Gasteiger partial charge is 0.0544 e. The summed E-state index contributed by atoms with van der Waals surface area (Å²) in [6.45, 7) is 0. The molecule has 0 aliphatic heterocycles. The number of nitrogens with one attached hydrogen (secondary N) is 1. The van der Waals surface area contributed by atoms with E-state index >= 15 is 0 Å². The summed E-state index contributed by atoms with van der Waals surface area (Å²) in [5, 5.41) is 1.25. The third-order valence-electron chi connectivity index (χ3n) is 5.05. The van der Waals surface area contributed by atoms with Crippen LogP contribution in [-0.2, 0) is 0 Å². The van der Waals surface area contributed by atoms with Gasteiger partial charge in [-0.05, 0) is 28.3 Å². The minimum atomic E-state index is 1.17. The molecule has 4 aromatic carbocycles. The van der Waals surface area contributed by atoms with Crippen molar-refractivity contribution in [3.63, 3.8) is 0 Å². The van der Waals surface area contributed by atoms with E-state index in [9.17, 15) is 0 Å². The lowest BCUT2D eigenvalue weighted by molar-refractivity contribution is 1.45. The zero-order valence-electron chi connectivity index (χ0n) is 14.9. The van der Waals surface area contributed by atoms with E-state index in [1.807, 2.05) is 0 Å². The number of hydrogen-bond donors (Lipinski definition) is 1. The Hall–Kier alpha value is -3.58. The first-order valence-electron chi connectivity index (χ1n) is 9.22. The van der Waals surface area contributed by atoms with Gasteiger partial charge in [0.2, 0.25) is 0 Å². The molecule has 0 aliphatic carbocycles. The molecule has 1 N–H and O–H groups in total. The largest absolute Gasteiger partial charge is 0.354 e. The van der Waals surface area contributed by atoms with E-state index in [4.69, 9.17) is 0 Å². The Morgan fingerprint density at radius 3 is 1.63 bits per heavy atom. The summed E-state index contributed by atoms with van der Waals surface area (Å²) in [5.74, 6) is 0. The van der Waals surface area contributed by atoms with Crippen LogP contribution in [0.15, 0.2) is 109 Å². The molecule has 0 aliphatic rings. The molecular formula is C26H19N. The molecule has 0 atom stereocenters. The molecule has 1 nitrogen and oxygen atoms in total. The van der Waals surface area contributed by atoms with Gasteiger partial charge in [0.1, 0.15) is 0 Å². The van der Waals surface area contributed by atoms with Gasteiger partial charge < -0.3 is 4.98 Å². The summed E-state index contributed by atoms with van der Waals surface area (Å²) in [4.78, 5) is 3.63. The number of fused-ring (bicyclic) bond motifs is 1. The zero-order valence-corrected chi connectivity index (χ0v) is 14.9. The maximum absolute atomic E-state index is 3.63. The second-order valence-corrected chi connectivity index (χ2v) is 6.73. The third kappa shape index (κ3) is 2.84. The van der Waals surface area contributed by atoms with Crippen molar-refractivity contribution in [3.8, 4) is 33.5 Å². The Balaban J connectivity index is 1.68. The number of aromatic nitrogens is 1. The van der Waals surface area contributed by atoms with Crippen LogP contribution in [0.1, 0.15) is 0 Å². The van der Waals surface area contributed by atoms with Gasteiger partial charge in [-0.15, -0.1) is 0 Å². The molecule has 1 aromatic heterocycles. The second-order valence-electron chi connectivity index (χ2n) is 6.73. The topological polar surface area (TPSA) is 15.8 Å². The van der Waals surface area contributed by atoms with E-state index < -0.39 is 0 Å². The molecule has 0 amide bonds. The predicted octanol–water partition coefficient (Wildman–Crippen LogP) is 7.17. The van der Waals surface area contributed by atoms with Crippen molar-refractivity contribution >= 4 is 10.9 Å². The van der Waals surface area contributed by atoms with E-state index in [2.05, 4.69) is 114 Å². The average Bonchev–Trinajstić information content (AvgIpc) is 3.15. The van der Waals surface area contributed by atoms with Crippen LogP contribution >= 0.6 is 0 Å². The van der Waals surface area contributed by atoms with Crippen molar-refractivity contribution in [2.75, 3.05) is 0 Å². The molecule has 0 bridgehead atoms. The number of aromatic amines is 1. The van der Waals surface area contributed by atoms with Crippen molar-refractivity contribution in [2.45, 2.75) is 0 Å². The first-order chi connectivity index (χ1) is 13.4. The van der Waals surface area contributed by atoms with Crippen LogP contribution in [0.5, 0.6) is 0 Å². The lowest BCUT2D eigenvalue weighted by Gasteiger charge is -2.08. The highest BCUT2D eigenvalue weighted by Gasteiger charge is 2.14. The molecular weight excluding hydrogens is 326 g/mol. The quantitative estimate of drug-likeness (QED) is 0.357. The van der Waals surface area contributed by atoms with Crippen LogP contribution < -0.4 is 0 Å². The van der Waals surface area contributed by atoms with E-state index in [1.165, 1.54) is 44.4 Å². The van der Waals surface area contributed by atoms with Gasteiger partial charge in [-0.25, -0.2) is 0 Å². The molecule has 0 spiro atoms. The highest BCUT2D eigenvalue weighted by molar-refractivity contribution is 6.03. The van der Waals surface area contributed by atoms with Gasteiger partial charge in [-0.1, -0.05) is 103 Å². The number of hydrogen-bond acceptors (Lipinski definition) is 0. The zero-order chi connectivity index (χ0) is 18.1. The van der Waals surface area contributed by atoms with E-state index in [0.29, 0.717) is 0 Å². The van der Waals surface area contributed by atoms with Gasteiger partial charge in [0, 0.05) is 16.5 Å². The lowest BCUT2D eigenvalue weighted by atomic mass is 9.96. The Labute approximate surface area is 158 Å². The molecule has 5 aromatic rings. The van der Waals surface area contributed by atoms with Crippen LogP contribution in [0.25, 0.3) is 44.4 Å². The average molecular weight is 345 g/mol. The van der Waals surface area contributed by atoms with Crippen molar-refractivity contribution in [1.29, 1.82) is 0 Å². The van der Waals surface area contributed by atoms with Gasteiger partial charge >= 0.3 is 0 Å². The van der Waals surface area contributed by atoms with Crippen LogP contribution in [0.4, 0.5) is 0 Å². The second kappa shape index (κ2) is 6.62. The van der Waals surface area contributed by atoms with Gasteiger partial charge in [0.25, 0.3) is 0 Å². The SMILES string of the molecule is c1ccc(-c2ccc(-c3c(-c4ccccc4)[nH]c4ccccc34)cc2)cc1. The number of para-hydroxylation sites is 1. The van der Waals surface area contributed by atoms with Crippen LogP contribution in [-0.4, -0.2) is 4.98 Å². The minimum Gasteiger partial charge on any atom is -0.354 e. The van der Waals surface area contributed by atoms with E-state index in [0.717, 1.165) is 0 Å². The Morgan fingerprint density at radius 2 is 0.926 bits per heavy atom. The normalized spacial score (nSPS) is 11.0. The predicted molar refractivity (Wildman–Crippen MR) is 115 cm³/mol. The fourth-order valence-corrected chi connectivity index (χ4v) is 3.72. The first-order valence-corrected chi connectivity index (χ1v) is 9.22. The monoisotopic (exact) mass is 345 g/mol. The summed E-state index contributed by atoms with van der Waals surface area (Å²) in [6.07, 6.45) is 0. The van der Waals surface area contributed by atoms with E-state index in [-0.39, 0.29) is 0 Å². The standard InChI is InChI=1S/C26H19N/c1-3-9-19(10-4-1)20-15-17-21(18-16-20)25-23-13-7-8-14-24(23)27-26(25)22-11-5-2-6-12-22/h1-18,27H. The van der Waals surface area contributed by atoms with Gasteiger partial charge in [0.05, 0.1) is 5.69 Å². The molecule has 0 saturated carbocycles. The number of rotatable bonds is 3. The van der Waals surface area contributed by atoms with Crippen molar-refractivity contribution < 1.29 is 0 Å². The minimum absolute atomic E-state index is 1.17. The Bertz CT molecular complexity index is 1180. The molecule has 0 unspecified atom stereocenters. The molecule has 128 valence electrons. The van der Waals surface area contributed by atoms with Crippen molar-refractivity contribution in [3.05, 3.63) is 109 Å². The van der Waals surface area contributed by atoms with Gasteiger partial charge in [-0.3, -0.25) is 0 Å². The van der Waals surface area contributed by atoms with Crippen molar-refractivity contribution in [1.82, 2.24) is 4.98 Å². The van der Waals surface area contributed by atoms with E-state index in [1.54, 1.807) is 0 Å². The summed E-state index contributed by atoms with van der Waals surface area (Å²) >= 11 is 0. The van der Waals surface area contributed by atoms with Crippen LogP contribution in [0, 0.1) is 0 Å². The third-order valence-corrected chi connectivity index (χ3v) is 5.05. The molecule has 0 saturated heterocycles. The summed E-state index contributed by atoms with van der Waals surface area (Å²) < 4.78 is 0. The molecule has 1 heteroatoms. The van der Waals surface area contributed by atoms with Crippen molar-refractivity contribution in [2.24, 2.45) is 0 Å². The van der Waals surface area contributed by atoms with Crippen LogP contribution in [0.3, 0.4) is 0 Å². The Kier molecular flexibility index (Phi) is 3.84. The fourth-order valence-electron chi connectivity index (χ4n) is 3.72. The van der Waals surface area contributed by atoms with Gasteiger partial charge in [0.15, 0.2) is 0 Å². The molecule has 27 heavy (non-hydrogen) atoms. The number of H-pyrrole nitrogens is 1. The number of benzene rings is 4. The summed E-state index contributed by atoms with van der Waals surface area (Å²) in [7, 11) is 0. The van der Waals surface area contributed by atoms with Gasteiger partial charge in [-0.2, -0.15) is 0 Å². The maximum atomic E-state index is 3.63. The maximum Gasteiger partial charge on any atom is 0.0544 e. The fraction of sp³-hybridized carbons (Fsp3) is 0. The van der Waals surface area contributed by atoms with Crippen LogP contribution in [0.2, 0.25) is 0 Å². The molecule has 5 rings (SSSR count). The highest BCUT2D eigenvalue weighted by atomic mass is 14.7. The molecule has 1 heterocycles. The molecule has 0 radical (unpaired) electrons.